The molecule has 2 aromatic carbocycles. The van der Waals surface area contributed by atoms with Gasteiger partial charge in [0.25, 0.3) is 0 Å². The Kier molecular flexibility index (Phi) is 6.17. The second-order valence-electron chi connectivity index (χ2n) is 7.55. The molecule has 1 fully saturated rings. The standard InChI is InChI=1S/C23H29NO3/c1-16(2)17-11-13-18(14-12-17)22(19-8-4-5-10-21(19)27-3)24-15-7-6-9-20(24)23(25)26/h4-5,8,10-14,16,20,22H,6-7,9,15H2,1-3H3,(H,25,26). The fraction of sp³-hybridized carbons (Fsp3) is 0.435. The van der Waals surface area contributed by atoms with Crippen molar-refractivity contribution in [3.63, 3.8) is 0 Å². The summed E-state index contributed by atoms with van der Waals surface area (Å²) in [6.45, 7) is 5.13. The van der Waals surface area contributed by atoms with Gasteiger partial charge in [-0.3, -0.25) is 9.69 Å². The normalized spacial score (nSPS) is 19.0. The van der Waals surface area contributed by atoms with Gasteiger partial charge in [0, 0.05) is 5.56 Å². The van der Waals surface area contributed by atoms with Gasteiger partial charge in [-0.1, -0.05) is 62.7 Å². The van der Waals surface area contributed by atoms with Gasteiger partial charge in [0.2, 0.25) is 0 Å². The highest BCUT2D eigenvalue weighted by Gasteiger charge is 2.36. The maximum absolute atomic E-state index is 12.0. The van der Waals surface area contributed by atoms with Crippen LogP contribution < -0.4 is 4.74 Å². The third kappa shape index (κ3) is 4.16. The van der Waals surface area contributed by atoms with Crippen LogP contribution in [0.3, 0.4) is 0 Å². The molecule has 0 spiro atoms. The van der Waals surface area contributed by atoms with Crippen molar-refractivity contribution in [2.45, 2.75) is 51.1 Å². The van der Waals surface area contributed by atoms with E-state index in [-0.39, 0.29) is 6.04 Å². The molecule has 0 aliphatic carbocycles. The predicted octanol–water partition coefficient (Wildman–Crippen LogP) is 4.85. The molecule has 3 rings (SSSR count). The Morgan fingerprint density at radius 3 is 2.37 bits per heavy atom. The number of carboxylic acid groups (broad SMARTS) is 1. The van der Waals surface area contributed by atoms with Gasteiger partial charge in [-0.15, -0.1) is 0 Å². The Hall–Kier alpha value is -2.33. The first-order valence-corrected chi connectivity index (χ1v) is 9.74. The van der Waals surface area contributed by atoms with Crippen LogP contribution in [0.1, 0.15) is 61.8 Å². The molecule has 2 unspecified atom stereocenters. The number of nitrogens with zero attached hydrogens (tertiary/aromatic N) is 1. The maximum atomic E-state index is 12.0. The van der Waals surface area contributed by atoms with Crippen molar-refractivity contribution in [3.05, 3.63) is 65.2 Å². The lowest BCUT2D eigenvalue weighted by Gasteiger charge is -2.40. The van der Waals surface area contributed by atoms with Crippen molar-refractivity contribution in [3.8, 4) is 5.75 Å². The van der Waals surface area contributed by atoms with Crippen molar-refractivity contribution in [2.75, 3.05) is 13.7 Å². The molecule has 0 radical (unpaired) electrons. The van der Waals surface area contributed by atoms with E-state index >= 15 is 0 Å². The van der Waals surface area contributed by atoms with Crippen molar-refractivity contribution in [1.29, 1.82) is 0 Å². The number of benzene rings is 2. The molecule has 144 valence electrons. The van der Waals surface area contributed by atoms with E-state index in [0.29, 0.717) is 12.3 Å². The van der Waals surface area contributed by atoms with Gasteiger partial charge in [-0.05, 0) is 42.5 Å². The molecule has 1 aliphatic heterocycles. The van der Waals surface area contributed by atoms with Crippen LogP contribution in [0.4, 0.5) is 0 Å². The van der Waals surface area contributed by atoms with Gasteiger partial charge in [-0.25, -0.2) is 0 Å². The SMILES string of the molecule is COc1ccccc1C(c1ccc(C(C)C)cc1)N1CCCCC1C(=O)O. The summed E-state index contributed by atoms with van der Waals surface area (Å²) in [5.41, 5.74) is 3.41. The van der Waals surface area contributed by atoms with Crippen molar-refractivity contribution < 1.29 is 14.6 Å². The van der Waals surface area contributed by atoms with E-state index in [2.05, 4.69) is 43.0 Å². The Bertz CT molecular complexity index is 769. The van der Waals surface area contributed by atoms with Gasteiger partial charge in [-0.2, -0.15) is 0 Å². The van der Waals surface area contributed by atoms with E-state index in [9.17, 15) is 9.90 Å². The van der Waals surface area contributed by atoms with Gasteiger partial charge >= 0.3 is 5.97 Å². The average Bonchev–Trinajstić information content (AvgIpc) is 2.69. The Balaban J connectivity index is 2.09. The molecule has 0 saturated carbocycles. The van der Waals surface area contributed by atoms with E-state index in [0.717, 1.165) is 36.3 Å². The molecule has 1 N–H and O–H groups in total. The highest BCUT2D eigenvalue weighted by molar-refractivity contribution is 5.73. The summed E-state index contributed by atoms with van der Waals surface area (Å²) in [7, 11) is 1.67. The topological polar surface area (TPSA) is 49.8 Å². The van der Waals surface area contributed by atoms with Crippen LogP contribution in [-0.4, -0.2) is 35.7 Å². The smallest absolute Gasteiger partial charge is 0.320 e. The van der Waals surface area contributed by atoms with E-state index in [1.165, 1.54) is 5.56 Å². The Morgan fingerprint density at radius 1 is 1.07 bits per heavy atom. The first-order valence-electron chi connectivity index (χ1n) is 9.74. The fourth-order valence-electron chi connectivity index (χ4n) is 4.03. The van der Waals surface area contributed by atoms with Gasteiger partial charge < -0.3 is 9.84 Å². The number of carboxylic acids is 1. The zero-order chi connectivity index (χ0) is 19.4. The molecule has 27 heavy (non-hydrogen) atoms. The zero-order valence-corrected chi connectivity index (χ0v) is 16.4. The van der Waals surface area contributed by atoms with Crippen LogP contribution in [0.2, 0.25) is 0 Å². The van der Waals surface area contributed by atoms with Crippen molar-refractivity contribution in [2.24, 2.45) is 0 Å². The first kappa shape index (κ1) is 19.4. The van der Waals surface area contributed by atoms with Crippen molar-refractivity contribution >= 4 is 5.97 Å². The van der Waals surface area contributed by atoms with Gasteiger partial charge in [0.15, 0.2) is 0 Å². The number of piperidine rings is 1. The molecule has 1 heterocycles. The number of methoxy groups -OCH3 is 1. The summed E-state index contributed by atoms with van der Waals surface area (Å²) in [6, 6.07) is 15.9. The van der Waals surface area contributed by atoms with E-state index in [1.807, 2.05) is 24.3 Å². The van der Waals surface area contributed by atoms with E-state index < -0.39 is 12.0 Å². The lowest BCUT2D eigenvalue weighted by Crippen LogP contribution is -2.46. The number of para-hydroxylation sites is 1. The Labute approximate surface area is 161 Å². The van der Waals surface area contributed by atoms with E-state index in [1.54, 1.807) is 7.11 Å². The molecular weight excluding hydrogens is 338 g/mol. The van der Waals surface area contributed by atoms with Crippen LogP contribution in [0.15, 0.2) is 48.5 Å². The number of carbonyl (C=O) groups is 1. The molecule has 1 aliphatic rings. The molecule has 2 aromatic rings. The summed E-state index contributed by atoms with van der Waals surface area (Å²) in [4.78, 5) is 14.1. The molecule has 0 bridgehead atoms. The van der Waals surface area contributed by atoms with Crippen LogP contribution in [-0.2, 0) is 4.79 Å². The minimum Gasteiger partial charge on any atom is -0.496 e. The zero-order valence-electron chi connectivity index (χ0n) is 16.4. The fourth-order valence-corrected chi connectivity index (χ4v) is 4.03. The summed E-state index contributed by atoms with van der Waals surface area (Å²) < 4.78 is 5.62. The molecule has 2 atom stereocenters. The molecule has 0 aromatic heterocycles. The van der Waals surface area contributed by atoms with E-state index in [4.69, 9.17) is 4.74 Å². The minimum absolute atomic E-state index is 0.135. The number of likely N-dealkylation sites (tertiary alicyclic amines) is 1. The molecule has 1 saturated heterocycles. The summed E-state index contributed by atoms with van der Waals surface area (Å²) in [5.74, 6) is 0.518. The van der Waals surface area contributed by atoms with Gasteiger partial charge in [0.05, 0.1) is 13.2 Å². The maximum Gasteiger partial charge on any atom is 0.320 e. The lowest BCUT2D eigenvalue weighted by atomic mass is 9.90. The summed E-state index contributed by atoms with van der Waals surface area (Å²) in [6.07, 6.45) is 2.66. The molecule has 4 nitrogen and oxygen atoms in total. The summed E-state index contributed by atoms with van der Waals surface area (Å²) >= 11 is 0. The van der Waals surface area contributed by atoms with Crippen molar-refractivity contribution in [1.82, 2.24) is 4.90 Å². The first-order chi connectivity index (χ1) is 13.0. The number of aliphatic carboxylic acids is 1. The third-order valence-electron chi connectivity index (χ3n) is 5.51. The predicted molar refractivity (Wildman–Crippen MR) is 107 cm³/mol. The number of ether oxygens (including phenoxy) is 1. The molecular formula is C23H29NO3. The summed E-state index contributed by atoms with van der Waals surface area (Å²) in [5, 5.41) is 9.82. The number of rotatable bonds is 6. The molecule has 0 amide bonds. The highest BCUT2D eigenvalue weighted by Crippen LogP contribution is 2.38. The van der Waals surface area contributed by atoms with Crippen LogP contribution in [0, 0.1) is 0 Å². The Morgan fingerprint density at radius 2 is 1.74 bits per heavy atom. The third-order valence-corrected chi connectivity index (χ3v) is 5.51. The number of hydrogen-bond acceptors (Lipinski definition) is 3. The van der Waals surface area contributed by atoms with Crippen LogP contribution in [0.5, 0.6) is 5.75 Å². The molecule has 4 heteroatoms. The van der Waals surface area contributed by atoms with Crippen LogP contribution >= 0.6 is 0 Å². The van der Waals surface area contributed by atoms with Crippen LogP contribution in [0.25, 0.3) is 0 Å². The second kappa shape index (κ2) is 8.57. The van der Waals surface area contributed by atoms with Gasteiger partial charge in [0.1, 0.15) is 11.8 Å². The lowest BCUT2D eigenvalue weighted by molar-refractivity contribution is -0.145. The second-order valence-corrected chi connectivity index (χ2v) is 7.55. The average molecular weight is 367 g/mol. The largest absolute Gasteiger partial charge is 0.496 e. The minimum atomic E-state index is -0.742. The monoisotopic (exact) mass is 367 g/mol. The number of hydrogen-bond donors (Lipinski definition) is 1. The highest BCUT2D eigenvalue weighted by atomic mass is 16.5. The quantitative estimate of drug-likeness (QED) is 0.793.